The molecule has 29 heavy (non-hydrogen) atoms. The molecule has 0 bridgehead atoms. The number of carboxylic acids is 1. The van der Waals surface area contributed by atoms with Crippen molar-refractivity contribution in [3.63, 3.8) is 0 Å². The van der Waals surface area contributed by atoms with Gasteiger partial charge in [-0.1, -0.05) is 12.1 Å². The third-order valence-electron chi connectivity index (χ3n) is 4.20. The molecule has 0 aliphatic rings. The minimum absolute atomic E-state index is 0.00583. The fraction of sp³-hybridized carbons (Fsp3) is 0.150. The summed E-state index contributed by atoms with van der Waals surface area (Å²) in [6.45, 7) is 1.57. The van der Waals surface area contributed by atoms with Gasteiger partial charge in [-0.15, -0.1) is 0 Å². The summed E-state index contributed by atoms with van der Waals surface area (Å²) in [7, 11) is 0. The maximum absolute atomic E-state index is 13.7. The molecule has 0 aliphatic heterocycles. The van der Waals surface area contributed by atoms with Gasteiger partial charge in [-0.05, 0) is 52.7 Å². The maximum Gasteiger partial charge on any atom is 0.335 e. The van der Waals surface area contributed by atoms with Crippen LogP contribution in [0.3, 0.4) is 0 Å². The third kappa shape index (κ3) is 4.68. The Bertz CT molecular complexity index is 1130. The van der Waals surface area contributed by atoms with Crippen LogP contribution in [0.15, 0.2) is 51.7 Å². The van der Waals surface area contributed by atoms with Crippen molar-refractivity contribution in [1.29, 1.82) is 0 Å². The van der Waals surface area contributed by atoms with Gasteiger partial charge in [0.25, 0.3) is 5.56 Å². The molecule has 9 heteroatoms. The van der Waals surface area contributed by atoms with E-state index in [1.54, 1.807) is 19.1 Å². The lowest BCUT2D eigenvalue weighted by molar-refractivity contribution is 0.0697. The smallest absolute Gasteiger partial charge is 0.335 e. The topological polar surface area (TPSA) is 81.4 Å². The highest BCUT2D eigenvalue weighted by atomic mass is 79.9. The van der Waals surface area contributed by atoms with E-state index < -0.39 is 23.2 Å². The Morgan fingerprint density at radius 3 is 2.52 bits per heavy atom. The van der Waals surface area contributed by atoms with Crippen LogP contribution in [0, 0.1) is 18.6 Å². The molecule has 0 amide bonds. The molecule has 0 fully saturated rings. The van der Waals surface area contributed by atoms with Gasteiger partial charge in [0.15, 0.2) is 0 Å². The van der Waals surface area contributed by atoms with E-state index in [4.69, 9.17) is 9.84 Å². The number of aryl methyl sites for hydroxylation is 1. The Morgan fingerprint density at radius 2 is 1.90 bits per heavy atom. The van der Waals surface area contributed by atoms with Crippen molar-refractivity contribution in [2.24, 2.45) is 0 Å². The zero-order valence-electron chi connectivity index (χ0n) is 15.2. The van der Waals surface area contributed by atoms with Gasteiger partial charge in [-0.25, -0.2) is 13.6 Å². The lowest BCUT2D eigenvalue weighted by atomic mass is 10.1. The van der Waals surface area contributed by atoms with Crippen molar-refractivity contribution in [2.45, 2.75) is 20.1 Å². The molecule has 0 spiro atoms. The molecule has 2 aromatic carbocycles. The number of hydrogen-bond acceptors (Lipinski definition) is 4. The molecular formula is C20H15BrF2N2O4. The van der Waals surface area contributed by atoms with Crippen LogP contribution in [0.1, 0.15) is 27.3 Å². The second kappa shape index (κ2) is 8.52. The van der Waals surface area contributed by atoms with Crippen LogP contribution in [0.5, 0.6) is 5.88 Å². The van der Waals surface area contributed by atoms with Crippen LogP contribution in [-0.2, 0) is 13.2 Å². The molecule has 150 valence electrons. The second-order valence-electron chi connectivity index (χ2n) is 6.20. The van der Waals surface area contributed by atoms with Gasteiger partial charge in [0.1, 0.15) is 28.5 Å². The van der Waals surface area contributed by atoms with E-state index in [2.05, 4.69) is 20.9 Å². The number of carboxylic acid groups (broad SMARTS) is 1. The molecule has 0 radical (unpaired) electrons. The van der Waals surface area contributed by atoms with Crippen LogP contribution >= 0.6 is 15.9 Å². The molecule has 1 heterocycles. The third-order valence-corrected chi connectivity index (χ3v) is 4.87. The largest absolute Gasteiger partial charge is 0.478 e. The van der Waals surface area contributed by atoms with Crippen molar-refractivity contribution in [3.8, 4) is 5.88 Å². The number of carbonyl (C=O) groups is 1. The van der Waals surface area contributed by atoms with Gasteiger partial charge in [0.05, 0.1) is 12.1 Å². The zero-order chi connectivity index (χ0) is 21.1. The first-order valence-electron chi connectivity index (χ1n) is 8.42. The first-order chi connectivity index (χ1) is 13.8. The van der Waals surface area contributed by atoms with E-state index in [0.29, 0.717) is 5.82 Å². The summed E-state index contributed by atoms with van der Waals surface area (Å²) < 4.78 is 33.6. The fourth-order valence-corrected chi connectivity index (χ4v) is 3.03. The molecule has 6 nitrogen and oxygen atoms in total. The molecule has 3 aromatic rings. The molecule has 1 N–H and O–H groups in total. The number of aromatic nitrogens is 2. The molecular weight excluding hydrogens is 450 g/mol. The Morgan fingerprint density at radius 1 is 1.21 bits per heavy atom. The van der Waals surface area contributed by atoms with Gasteiger partial charge in [0, 0.05) is 11.6 Å². The molecule has 0 saturated heterocycles. The Hall–Kier alpha value is -3.07. The van der Waals surface area contributed by atoms with Crippen molar-refractivity contribution in [1.82, 2.24) is 9.55 Å². The highest BCUT2D eigenvalue weighted by molar-refractivity contribution is 9.10. The molecule has 3 rings (SSSR count). The molecule has 0 aliphatic carbocycles. The number of hydrogen-bond donors (Lipinski definition) is 1. The standard InChI is InChI=1S/C20H15BrF2N2O4/c1-11-24-18(29-10-14-6-7-15(22)8-16(14)23)17(21)19(26)25(11)9-12-2-4-13(5-3-12)20(27)28/h2-8H,9-10H2,1H3,(H,27,28). The molecule has 0 atom stereocenters. The van der Waals surface area contributed by atoms with Crippen molar-refractivity contribution < 1.29 is 23.4 Å². The van der Waals surface area contributed by atoms with Crippen LogP contribution in [0.4, 0.5) is 8.78 Å². The first-order valence-corrected chi connectivity index (χ1v) is 9.21. The molecule has 0 unspecified atom stereocenters. The predicted octanol–water partition coefficient (Wildman–Crippen LogP) is 3.92. The minimum Gasteiger partial charge on any atom is -0.478 e. The van der Waals surface area contributed by atoms with Gasteiger partial charge in [-0.3, -0.25) is 9.36 Å². The summed E-state index contributed by atoms with van der Waals surface area (Å²) in [5, 5.41) is 8.96. The molecule has 0 saturated carbocycles. The van der Waals surface area contributed by atoms with Gasteiger partial charge >= 0.3 is 5.97 Å². The number of nitrogens with zero attached hydrogens (tertiary/aromatic N) is 2. The summed E-state index contributed by atoms with van der Waals surface area (Å²) in [6, 6.07) is 9.26. The van der Waals surface area contributed by atoms with E-state index in [9.17, 15) is 18.4 Å². The Labute approximate surface area is 172 Å². The van der Waals surface area contributed by atoms with E-state index in [1.807, 2.05) is 0 Å². The van der Waals surface area contributed by atoms with Gasteiger partial charge in [0.2, 0.25) is 5.88 Å². The second-order valence-corrected chi connectivity index (χ2v) is 6.99. The molecule has 1 aromatic heterocycles. The summed E-state index contributed by atoms with van der Waals surface area (Å²) in [4.78, 5) is 27.9. The van der Waals surface area contributed by atoms with Crippen molar-refractivity contribution >= 4 is 21.9 Å². The van der Waals surface area contributed by atoms with Crippen molar-refractivity contribution in [3.05, 3.63) is 91.4 Å². The highest BCUT2D eigenvalue weighted by Gasteiger charge is 2.15. The zero-order valence-corrected chi connectivity index (χ0v) is 16.7. The van der Waals surface area contributed by atoms with Crippen molar-refractivity contribution in [2.75, 3.05) is 0 Å². The summed E-state index contributed by atoms with van der Waals surface area (Å²) in [6.07, 6.45) is 0. The number of ether oxygens (including phenoxy) is 1. The number of benzene rings is 2. The van der Waals surface area contributed by atoms with Crippen LogP contribution < -0.4 is 10.3 Å². The monoisotopic (exact) mass is 464 g/mol. The Balaban J connectivity index is 1.82. The van der Waals surface area contributed by atoms with E-state index in [-0.39, 0.29) is 34.6 Å². The summed E-state index contributed by atoms with van der Waals surface area (Å²) >= 11 is 3.16. The van der Waals surface area contributed by atoms with E-state index >= 15 is 0 Å². The van der Waals surface area contributed by atoms with E-state index in [1.165, 1.54) is 22.8 Å². The first kappa shape index (κ1) is 20.7. The van der Waals surface area contributed by atoms with Crippen LogP contribution in [0.2, 0.25) is 0 Å². The number of halogens is 3. The Kier molecular flexibility index (Phi) is 6.07. The fourth-order valence-electron chi connectivity index (χ4n) is 2.62. The number of aromatic carboxylic acids is 1. The van der Waals surface area contributed by atoms with Crippen LogP contribution in [-0.4, -0.2) is 20.6 Å². The van der Waals surface area contributed by atoms with E-state index in [0.717, 1.165) is 17.7 Å². The average Bonchev–Trinajstić information content (AvgIpc) is 2.68. The van der Waals surface area contributed by atoms with Gasteiger partial charge < -0.3 is 9.84 Å². The maximum atomic E-state index is 13.7. The SMILES string of the molecule is Cc1nc(OCc2ccc(F)cc2F)c(Br)c(=O)n1Cc1ccc(C(=O)O)cc1. The lowest BCUT2D eigenvalue weighted by Gasteiger charge is -2.14. The van der Waals surface area contributed by atoms with Crippen LogP contribution in [0.25, 0.3) is 0 Å². The van der Waals surface area contributed by atoms with Gasteiger partial charge in [-0.2, -0.15) is 4.98 Å². The quantitative estimate of drug-likeness (QED) is 0.597. The lowest BCUT2D eigenvalue weighted by Crippen LogP contribution is -2.25. The normalized spacial score (nSPS) is 10.8. The summed E-state index contributed by atoms with van der Waals surface area (Å²) in [5.74, 6) is -2.13. The summed E-state index contributed by atoms with van der Waals surface area (Å²) in [5.41, 5.74) is 0.583. The minimum atomic E-state index is -1.03. The average molecular weight is 465 g/mol. The predicted molar refractivity (Wildman–Crippen MR) is 104 cm³/mol. The number of rotatable bonds is 6. The highest BCUT2D eigenvalue weighted by Crippen LogP contribution is 2.21.